The summed E-state index contributed by atoms with van der Waals surface area (Å²) in [4.78, 5) is 15.0. The van der Waals surface area contributed by atoms with Gasteiger partial charge in [0.2, 0.25) is 5.82 Å². The summed E-state index contributed by atoms with van der Waals surface area (Å²) in [5.74, 6) is -3.50. The van der Waals surface area contributed by atoms with Gasteiger partial charge in [-0.05, 0) is 12.0 Å². The highest BCUT2D eigenvalue weighted by Crippen LogP contribution is 2.27. The summed E-state index contributed by atoms with van der Waals surface area (Å²) in [7, 11) is 0. The van der Waals surface area contributed by atoms with Crippen LogP contribution in [-0.4, -0.2) is 15.9 Å². The van der Waals surface area contributed by atoms with E-state index >= 15 is 0 Å². The molecule has 0 N–H and O–H groups in total. The maximum atomic E-state index is 13.0. The molecule has 0 spiro atoms. The number of hydrogen-bond acceptors (Lipinski definition) is 4. The maximum Gasteiger partial charge on any atom is 0.322 e. The Morgan fingerprint density at radius 1 is 1.29 bits per heavy atom. The Balaban J connectivity index is 2.08. The van der Waals surface area contributed by atoms with Crippen LogP contribution in [0.25, 0.3) is 11.4 Å². The lowest BCUT2D eigenvalue weighted by Gasteiger charge is -2.02. The van der Waals surface area contributed by atoms with Crippen LogP contribution in [0.2, 0.25) is 0 Å². The lowest BCUT2D eigenvalue weighted by atomic mass is 10.0. The van der Waals surface area contributed by atoms with Gasteiger partial charge in [-0.15, -0.1) is 0 Å². The van der Waals surface area contributed by atoms with Crippen LogP contribution in [0, 0.1) is 0 Å². The Labute approximate surface area is 121 Å². The molecular formula is C15H16F2N2O2. The zero-order valence-corrected chi connectivity index (χ0v) is 11.9. The van der Waals surface area contributed by atoms with Crippen molar-refractivity contribution in [3.8, 4) is 11.4 Å². The number of aromatic nitrogens is 2. The Hall–Kier alpha value is -2.11. The molecule has 1 aromatic heterocycles. The maximum absolute atomic E-state index is 13.0. The van der Waals surface area contributed by atoms with Crippen molar-refractivity contribution in [2.24, 2.45) is 0 Å². The van der Waals surface area contributed by atoms with Gasteiger partial charge in [0.15, 0.2) is 0 Å². The molecule has 2 aromatic rings. The zero-order valence-electron chi connectivity index (χ0n) is 11.9. The van der Waals surface area contributed by atoms with Crippen molar-refractivity contribution in [3.63, 3.8) is 0 Å². The van der Waals surface area contributed by atoms with Crippen LogP contribution in [-0.2, 0) is 17.1 Å². The number of benzene rings is 1. The van der Waals surface area contributed by atoms with Crippen molar-refractivity contribution in [2.75, 3.05) is 0 Å². The summed E-state index contributed by atoms with van der Waals surface area (Å²) >= 11 is 0. The van der Waals surface area contributed by atoms with E-state index in [2.05, 4.69) is 14.7 Å². The number of rotatable bonds is 6. The quantitative estimate of drug-likeness (QED) is 0.814. The number of ketones is 1. The summed E-state index contributed by atoms with van der Waals surface area (Å²) in [5.41, 5.74) is 1.60. The highest BCUT2D eigenvalue weighted by atomic mass is 19.3. The van der Waals surface area contributed by atoms with Crippen LogP contribution < -0.4 is 0 Å². The van der Waals surface area contributed by atoms with E-state index in [1.807, 2.05) is 19.1 Å². The summed E-state index contributed by atoms with van der Waals surface area (Å²) in [6, 6.07) is 7.12. The van der Waals surface area contributed by atoms with Crippen LogP contribution in [0.1, 0.15) is 38.1 Å². The van der Waals surface area contributed by atoms with E-state index in [0.717, 1.165) is 5.56 Å². The predicted molar refractivity (Wildman–Crippen MR) is 72.9 cm³/mol. The largest absolute Gasteiger partial charge is 0.332 e. The molecule has 21 heavy (non-hydrogen) atoms. The molecule has 0 bridgehead atoms. The highest BCUT2D eigenvalue weighted by molar-refractivity contribution is 5.78. The van der Waals surface area contributed by atoms with Crippen LogP contribution in [0.15, 0.2) is 28.8 Å². The molecule has 0 radical (unpaired) electrons. The van der Waals surface area contributed by atoms with Gasteiger partial charge in [0, 0.05) is 25.3 Å². The molecule has 2 rings (SSSR count). The number of nitrogens with zero attached hydrogens (tertiary/aromatic N) is 2. The lowest BCUT2D eigenvalue weighted by Crippen LogP contribution is -2.06. The van der Waals surface area contributed by atoms with E-state index < -0.39 is 11.8 Å². The summed E-state index contributed by atoms with van der Waals surface area (Å²) in [5, 5.41) is 3.55. The first-order chi connectivity index (χ1) is 9.90. The molecule has 0 aliphatic rings. The second kappa shape index (κ2) is 6.11. The van der Waals surface area contributed by atoms with Crippen LogP contribution in [0.4, 0.5) is 8.78 Å². The van der Waals surface area contributed by atoms with E-state index in [1.165, 1.54) is 0 Å². The van der Waals surface area contributed by atoms with Gasteiger partial charge >= 0.3 is 5.92 Å². The fourth-order valence-electron chi connectivity index (χ4n) is 1.80. The standard InChI is InChI=1S/C15H16F2N2O2/c1-3-12(20)9-6-10-4-7-11(8-5-10)13-18-14(21-19-13)15(2,16)17/h4-5,7-8H,3,6,9H2,1-2H3. The molecule has 0 saturated heterocycles. The number of alkyl halides is 2. The van der Waals surface area contributed by atoms with Gasteiger partial charge in [0.25, 0.3) is 5.89 Å². The second-order valence-electron chi connectivity index (χ2n) is 4.90. The zero-order chi connectivity index (χ0) is 15.5. The first-order valence-electron chi connectivity index (χ1n) is 6.73. The monoisotopic (exact) mass is 294 g/mol. The predicted octanol–water partition coefficient (Wildman–Crippen LogP) is 3.76. The molecule has 0 atom stereocenters. The minimum Gasteiger partial charge on any atom is -0.332 e. The molecule has 0 amide bonds. The van der Waals surface area contributed by atoms with Crippen LogP contribution in [0.5, 0.6) is 0 Å². The van der Waals surface area contributed by atoms with Gasteiger partial charge < -0.3 is 4.52 Å². The van der Waals surface area contributed by atoms with Gasteiger partial charge in [0.05, 0.1) is 0 Å². The number of hydrogen-bond donors (Lipinski definition) is 0. The van der Waals surface area contributed by atoms with Crippen molar-refractivity contribution in [3.05, 3.63) is 35.7 Å². The highest BCUT2D eigenvalue weighted by Gasteiger charge is 2.32. The number of halogens is 2. The Kier molecular flexibility index (Phi) is 4.45. The normalized spacial score (nSPS) is 11.6. The molecule has 0 aliphatic carbocycles. The van der Waals surface area contributed by atoms with Crippen molar-refractivity contribution >= 4 is 5.78 Å². The van der Waals surface area contributed by atoms with E-state index in [9.17, 15) is 13.6 Å². The van der Waals surface area contributed by atoms with E-state index in [-0.39, 0.29) is 11.6 Å². The van der Waals surface area contributed by atoms with Crippen molar-refractivity contribution in [2.45, 2.75) is 39.0 Å². The summed E-state index contributed by atoms with van der Waals surface area (Å²) in [6.07, 6.45) is 1.71. The first-order valence-corrected chi connectivity index (χ1v) is 6.73. The van der Waals surface area contributed by atoms with Gasteiger partial charge in [-0.3, -0.25) is 4.79 Å². The number of aryl methyl sites for hydroxylation is 1. The topological polar surface area (TPSA) is 56.0 Å². The number of carbonyl (C=O) groups is 1. The van der Waals surface area contributed by atoms with E-state index in [1.54, 1.807) is 12.1 Å². The molecule has 1 heterocycles. The summed E-state index contributed by atoms with van der Waals surface area (Å²) < 4.78 is 30.6. The minimum atomic E-state index is -3.15. The van der Waals surface area contributed by atoms with Crippen molar-refractivity contribution in [1.29, 1.82) is 0 Å². The van der Waals surface area contributed by atoms with E-state index in [0.29, 0.717) is 31.7 Å². The lowest BCUT2D eigenvalue weighted by molar-refractivity contribution is -0.118. The third kappa shape index (κ3) is 3.93. The van der Waals surface area contributed by atoms with Gasteiger partial charge in [-0.1, -0.05) is 36.3 Å². The van der Waals surface area contributed by atoms with Crippen LogP contribution in [0.3, 0.4) is 0 Å². The number of carbonyl (C=O) groups excluding carboxylic acids is 1. The average Bonchev–Trinajstić information content (AvgIpc) is 2.95. The molecule has 0 saturated carbocycles. The third-order valence-electron chi connectivity index (χ3n) is 3.10. The smallest absolute Gasteiger partial charge is 0.322 e. The van der Waals surface area contributed by atoms with Gasteiger partial charge in [-0.2, -0.15) is 13.8 Å². The SMILES string of the molecule is CCC(=O)CCc1ccc(-c2noc(C(C)(F)F)n2)cc1. The van der Waals surface area contributed by atoms with Gasteiger partial charge in [0.1, 0.15) is 5.78 Å². The minimum absolute atomic E-state index is 0.128. The third-order valence-corrected chi connectivity index (χ3v) is 3.10. The fourth-order valence-corrected chi connectivity index (χ4v) is 1.80. The Bertz CT molecular complexity index is 615. The van der Waals surface area contributed by atoms with Gasteiger partial charge in [-0.25, -0.2) is 0 Å². The van der Waals surface area contributed by atoms with Crippen molar-refractivity contribution in [1.82, 2.24) is 10.1 Å². The number of Topliss-reactive ketones (excluding diaryl/α,β-unsaturated/α-hetero) is 1. The fraction of sp³-hybridized carbons (Fsp3) is 0.400. The molecule has 4 nitrogen and oxygen atoms in total. The second-order valence-corrected chi connectivity index (χ2v) is 4.90. The Morgan fingerprint density at radius 2 is 1.95 bits per heavy atom. The van der Waals surface area contributed by atoms with Crippen molar-refractivity contribution < 1.29 is 18.1 Å². The molecule has 112 valence electrons. The van der Waals surface area contributed by atoms with E-state index in [4.69, 9.17) is 0 Å². The average molecular weight is 294 g/mol. The Morgan fingerprint density at radius 3 is 2.48 bits per heavy atom. The summed E-state index contributed by atoms with van der Waals surface area (Å²) in [6.45, 7) is 2.54. The first kappa shape index (κ1) is 15.3. The van der Waals surface area contributed by atoms with Crippen LogP contribution >= 0.6 is 0 Å². The molecule has 0 fully saturated rings. The molecule has 0 aliphatic heterocycles. The molecule has 6 heteroatoms. The molecule has 0 unspecified atom stereocenters. The molecular weight excluding hydrogens is 278 g/mol. The molecule has 1 aromatic carbocycles.